The summed E-state index contributed by atoms with van der Waals surface area (Å²) in [5.41, 5.74) is -0.0838. The molecule has 1 fully saturated rings. The van der Waals surface area contributed by atoms with Gasteiger partial charge in [0.25, 0.3) is 5.91 Å². The summed E-state index contributed by atoms with van der Waals surface area (Å²) in [6.45, 7) is 4.47. The summed E-state index contributed by atoms with van der Waals surface area (Å²) in [4.78, 5) is 34.1. The van der Waals surface area contributed by atoms with Gasteiger partial charge in [0.2, 0.25) is 5.88 Å². The number of benzene rings is 2. The number of alkyl halides is 3. The molecule has 2 aromatic heterocycles. The number of nitrogens with zero attached hydrogens (tertiary/aromatic N) is 6. The molecular weight excluding hydrogens is 554 g/mol. The molecule has 0 atom stereocenters. The molecule has 0 bridgehead atoms. The summed E-state index contributed by atoms with van der Waals surface area (Å²) in [6, 6.07) is 9.98. The molecule has 1 aliphatic heterocycles. The molecule has 42 heavy (non-hydrogen) atoms. The minimum Gasteiger partial charge on any atom is -0.435 e. The lowest BCUT2D eigenvalue weighted by Gasteiger charge is -2.35. The Bertz CT molecular complexity index is 1590. The predicted octanol–water partition coefficient (Wildman–Crippen LogP) is 5.45. The van der Waals surface area contributed by atoms with Crippen LogP contribution in [0.1, 0.15) is 28.7 Å². The average Bonchev–Trinajstić information content (AvgIpc) is 2.98. The molecule has 0 aliphatic carbocycles. The molecule has 1 amide bonds. The van der Waals surface area contributed by atoms with Crippen LogP contribution in [0.5, 0.6) is 11.6 Å². The summed E-state index contributed by atoms with van der Waals surface area (Å²) in [5, 5.41) is 2.59. The number of pyridine rings is 1. The van der Waals surface area contributed by atoms with Crippen molar-refractivity contribution in [2.75, 3.05) is 43.4 Å². The first-order valence-corrected chi connectivity index (χ1v) is 13.2. The topological polar surface area (TPSA) is 96.4 Å². The van der Waals surface area contributed by atoms with Crippen molar-refractivity contribution in [2.45, 2.75) is 19.5 Å². The lowest BCUT2D eigenvalue weighted by molar-refractivity contribution is -0.137. The van der Waals surface area contributed by atoms with E-state index in [-0.39, 0.29) is 28.7 Å². The lowest BCUT2D eigenvalue weighted by atomic mass is 10.1. The van der Waals surface area contributed by atoms with Crippen LogP contribution in [0.3, 0.4) is 0 Å². The number of rotatable bonds is 7. The fourth-order valence-corrected chi connectivity index (χ4v) is 4.43. The fourth-order valence-electron chi connectivity index (χ4n) is 4.43. The number of anilines is 2. The van der Waals surface area contributed by atoms with Crippen LogP contribution in [0.25, 0.3) is 11.4 Å². The number of amides is 1. The van der Waals surface area contributed by atoms with Crippen LogP contribution in [0.15, 0.2) is 61.1 Å². The van der Waals surface area contributed by atoms with Crippen LogP contribution in [-0.4, -0.2) is 64.0 Å². The van der Waals surface area contributed by atoms with E-state index in [0.717, 1.165) is 24.3 Å². The summed E-state index contributed by atoms with van der Waals surface area (Å²) in [6.07, 6.45) is -1.23. The molecule has 218 valence electrons. The smallest absolute Gasteiger partial charge is 0.416 e. The molecule has 0 unspecified atom stereocenters. The maximum absolute atomic E-state index is 14.9. The molecule has 1 aliphatic rings. The number of aryl methyl sites for hydroxylation is 1. The number of ether oxygens (including phenoxy) is 1. The van der Waals surface area contributed by atoms with Crippen molar-refractivity contribution >= 4 is 17.3 Å². The quantitative estimate of drug-likeness (QED) is 0.288. The SMILES string of the molecule is CCc1ncnc(-c2cccnc2Oc2cc(C(=O)Nc3cc(C(F)(F)F)ccc3N3CCN(C)CC3)ccc2F)n1. The second-order valence-electron chi connectivity index (χ2n) is 9.66. The van der Waals surface area contributed by atoms with Crippen molar-refractivity contribution in [1.29, 1.82) is 0 Å². The molecule has 0 radical (unpaired) electrons. The van der Waals surface area contributed by atoms with Gasteiger partial charge in [-0.05, 0) is 55.6 Å². The number of halogens is 4. The molecule has 0 spiro atoms. The molecular formula is C29H27F4N7O2. The summed E-state index contributed by atoms with van der Waals surface area (Å²) in [5.74, 6) is -0.996. The highest BCUT2D eigenvalue weighted by atomic mass is 19.4. The summed E-state index contributed by atoms with van der Waals surface area (Å²) >= 11 is 0. The van der Waals surface area contributed by atoms with E-state index < -0.39 is 23.5 Å². The summed E-state index contributed by atoms with van der Waals surface area (Å²) in [7, 11) is 1.96. The Morgan fingerprint density at radius 3 is 2.55 bits per heavy atom. The van der Waals surface area contributed by atoms with Gasteiger partial charge in [-0.3, -0.25) is 4.79 Å². The first-order chi connectivity index (χ1) is 20.1. The van der Waals surface area contributed by atoms with Crippen LogP contribution in [0, 0.1) is 5.82 Å². The molecule has 2 aromatic carbocycles. The van der Waals surface area contributed by atoms with Crippen molar-refractivity contribution in [1.82, 2.24) is 24.8 Å². The average molecular weight is 582 g/mol. The van der Waals surface area contributed by atoms with Gasteiger partial charge in [-0.1, -0.05) is 6.92 Å². The van der Waals surface area contributed by atoms with Gasteiger partial charge in [0.05, 0.1) is 22.5 Å². The van der Waals surface area contributed by atoms with Gasteiger partial charge >= 0.3 is 6.18 Å². The summed E-state index contributed by atoms with van der Waals surface area (Å²) < 4.78 is 61.3. The van der Waals surface area contributed by atoms with Gasteiger partial charge in [0.1, 0.15) is 12.2 Å². The number of likely N-dealkylation sites (N-methyl/N-ethyl adjacent to an activating group) is 1. The molecule has 0 saturated carbocycles. The minimum atomic E-state index is -4.60. The van der Waals surface area contributed by atoms with Gasteiger partial charge in [0, 0.05) is 44.4 Å². The normalized spacial score (nSPS) is 14.1. The van der Waals surface area contributed by atoms with Crippen LogP contribution in [-0.2, 0) is 12.6 Å². The Morgan fingerprint density at radius 2 is 1.81 bits per heavy atom. The predicted molar refractivity (Wildman–Crippen MR) is 148 cm³/mol. The molecule has 5 rings (SSSR count). The Hall–Kier alpha value is -4.65. The maximum Gasteiger partial charge on any atom is 0.416 e. The first kappa shape index (κ1) is 28.9. The number of nitrogens with one attached hydrogen (secondary N) is 1. The van der Waals surface area contributed by atoms with Crippen molar-refractivity contribution in [3.63, 3.8) is 0 Å². The van der Waals surface area contributed by atoms with Crippen LogP contribution in [0.4, 0.5) is 28.9 Å². The third-order valence-electron chi connectivity index (χ3n) is 6.77. The first-order valence-electron chi connectivity index (χ1n) is 13.2. The van der Waals surface area contributed by atoms with E-state index in [0.29, 0.717) is 49.7 Å². The van der Waals surface area contributed by atoms with Gasteiger partial charge in [-0.15, -0.1) is 0 Å². The fraction of sp³-hybridized carbons (Fsp3) is 0.276. The van der Waals surface area contributed by atoms with Crippen molar-refractivity contribution < 1.29 is 27.1 Å². The van der Waals surface area contributed by atoms with Crippen molar-refractivity contribution in [3.8, 4) is 23.0 Å². The molecule has 9 nitrogen and oxygen atoms in total. The zero-order valence-corrected chi connectivity index (χ0v) is 22.8. The zero-order chi connectivity index (χ0) is 29.9. The highest BCUT2D eigenvalue weighted by molar-refractivity contribution is 6.06. The van der Waals surface area contributed by atoms with E-state index in [2.05, 4.69) is 30.2 Å². The Morgan fingerprint density at radius 1 is 1.02 bits per heavy atom. The number of carbonyl (C=O) groups is 1. The van der Waals surface area contributed by atoms with Gasteiger partial charge in [0.15, 0.2) is 17.4 Å². The molecule has 3 heterocycles. The van der Waals surface area contributed by atoms with Crippen LogP contribution in [0.2, 0.25) is 0 Å². The second kappa shape index (κ2) is 12.1. The Balaban J connectivity index is 1.43. The van der Waals surface area contributed by atoms with Crippen LogP contribution < -0.4 is 15.0 Å². The Kier molecular flexibility index (Phi) is 8.29. The molecule has 13 heteroatoms. The lowest BCUT2D eigenvalue weighted by Crippen LogP contribution is -2.44. The molecule has 1 N–H and O–H groups in total. The van der Waals surface area contributed by atoms with E-state index in [4.69, 9.17) is 4.74 Å². The number of piperazine rings is 1. The highest BCUT2D eigenvalue weighted by Gasteiger charge is 2.32. The zero-order valence-electron chi connectivity index (χ0n) is 22.8. The van der Waals surface area contributed by atoms with Crippen LogP contribution >= 0.6 is 0 Å². The third kappa shape index (κ3) is 6.46. The van der Waals surface area contributed by atoms with Gasteiger partial charge in [-0.25, -0.2) is 24.3 Å². The molecule has 4 aromatic rings. The minimum absolute atomic E-state index is 0.000233. The molecule has 1 saturated heterocycles. The number of hydrogen-bond acceptors (Lipinski definition) is 8. The number of aromatic nitrogens is 4. The standard InChI is InChI=1S/C29H27F4N7O2/c1-3-25-35-17-36-26(38-25)20-5-4-10-34-28(20)42-24-15-18(6-8-21(24)30)27(41)37-22-16-19(29(31,32)33)7-9-23(22)40-13-11-39(2)12-14-40/h4-10,15-17H,3,11-14H2,1-2H3,(H,37,41). The maximum atomic E-state index is 14.9. The van der Waals surface area contributed by atoms with Crippen molar-refractivity contribution in [2.24, 2.45) is 0 Å². The van der Waals surface area contributed by atoms with E-state index in [1.54, 1.807) is 12.1 Å². The number of carbonyl (C=O) groups excluding carboxylic acids is 1. The largest absolute Gasteiger partial charge is 0.435 e. The van der Waals surface area contributed by atoms with E-state index in [9.17, 15) is 22.4 Å². The van der Waals surface area contributed by atoms with E-state index in [1.165, 1.54) is 24.7 Å². The monoisotopic (exact) mass is 581 g/mol. The number of hydrogen-bond donors (Lipinski definition) is 1. The van der Waals surface area contributed by atoms with E-state index in [1.807, 2.05) is 18.9 Å². The van der Waals surface area contributed by atoms with E-state index >= 15 is 0 Å². The third-order valence-corrected chi connectivity index (χ3v) is 6.77. The second-order valence-corrected chi connectivity index (χ2v) is 9.66. The highest BCUT2D eigenvalue weighted by Crippen LogP contribution is 2.36. The van der Waals surface area contributed by atoms with Crippen molar-refractivity contribution in [3.05, 3.63) is 83.8 Å². The Labute approximate surface area is 239 Å². The van der Waals surface area contributed by atoms with Gasteiger partial charge < -0.3 is 19.9 Å². The van der Waals surface area contributed by atoms with Gasteiger partial charge in [-0.2, -0.15) is 13.2 Å².